The highest BCUT2D eigenvalue weighted by Crippen LogP contribution is 2.13. The molecule has 1 aromatic heterocycles. The van der Waals surface area contributed by atoms with E-state index >= 15 is 0 Å². The van der Waals surface area contributed by atoms with Gasteiger partial charge in [0.15, 0.2) is 0 Å². The number of amides is 1. The van der Waals surface area contributed by atoms with E-state index in [1.807, 2.05) is 0 Å². The van der Waals surface area contributed by atoms with Crippen LogP contribution >= 0.6 is 23.4 Å². The summed E-state index contributed by atoms with van der Waals surface area (Å²) in [6, 6.07) is 2.72. The Labute approximate surface area is 155 Å². The number of nitrogens with one attached hydrogen (secondary N) is 1. The maximum atomic E-state index is 12.4. The van der Waals surface area contributed by atoms with E-state index in [0.717, 1.165) is 0 Å². The highest BCUT2D eigenvalue weighted by Gasteiger charge is 2.23. The number of thioether (sulfide) groups is 1. The van der Waals surface area contributed by atoms with Crippen LogP contribution in [-0.2, 0) is 4.79 Å². The van der Waals surface area contributed by atoms with Gasteiger partial charge in [-0.3, -0.25) is 20.2 Å². The Balaban J connectivity index is 2.63. The molecule has 1 atom stereocenters. The van der Waals surface area contributed by atoms with Gasteiger partial charge in [-0.05, 0) is 24.8 Å². The zero-order chi connectivity index (χ0) is 18.7. The average Bonchev–Trinajstić information content (AvgIpc) is 2.58. The van der Waals surface area contributed by atoms with Crippen LogP contribution in [-0.4, -0.2) is 57.7 Å². The molecule has 138 valence electrons. The molecule has 9 heteroatoms. The molecule has 1 amide bonds. The Morgan fingerprint density at radius 1 is 1.52 bits per heavy atom. The summed E-state index contributed by atoms with van der Waals surface area (Å²) < 4.78 is 24.2. The molecule has 1 rings (SSSR count). The van der Waals surface area contributed by atoms with Crippen molar-refractivity contribution in [3.05, 3.63) is 24.5 Å². The first kappa shape index (κ1) is 21.5. The minimum Gasteiger partial charge on any atom is -0.328 e. The molecule has 1 unspecified atom stereocenters. The van der Waals surface area contributed by atoms with E-state index in [9.17, 15) is 13.6 Å². The van der Waals surface area contributed by atoms with Crippen LogP contribution in [0.5, 0.6) is 0 Å². The van der Waals surface area contributed by atoms with Gasteiger partial charge < -0.3 is 4.90 Å². The summed E-state index contributed by atoms with van der Waals surface area (Å²) in [5.41, 5.74) is 0.594. The fourth-order valence-corrected chi connectivity index (χ4v) is 3.02. The van der Waals surface area contributed by atoms with Crippen molar-refractivity contribution in [3.8, 4) is 0 Å². The lowest BCUT2D eigenvalue weighted by Gasteiger charge is -2.26. The second-order valence-electron chi connectivity index (χ2n) is 5.00. The Morgan fingerprint density at radius 2 is 2.28 bits per heavy atom. The lowest BCUT2D eigenvalue weighted by molar-refractivity contribution is -0.130. The number of alkyl halides is 2. The third-order valence-corrected chi connectivity index (χ3v) is 4.45. The Hall–Kier alpha value is -1.54. The summed E-state index contributed by atoms with van der Waals surface area (Å²) >= 11 is 7.15. The number of hydrogen-bond acceptors (Lipinski definition) is 5. The number of hydrogen-bond donors (Lipinski definition) is 1. The zero-order valence-electron chi connectivity index (χ0n) is 13.9. The van der Waals surface area contributed by atoms with Gasteiger partial charge in [0.1, 0.15) is 11.2 Å². The SMILES string of the molecule is CCN(C(=O)CCSCCC(F)F)C(C=Nc1cccnc1)C(=N)Cl. The van der Waals surface area contributed by atoms with E-state index in [-0.39, 0.29) is 23.9 Å². The lowest BCUT2D eigenvalue weighted by atomic mass is 10.2. The number of carbonyl (C=O) groups excluding carboxylic acids is 1. The van der Waals surface area contributed by atoms with Crippen molar-refractivity contribution in [1.82, 2.24) is 9.88 Å². The number of halogens is 3. The topological polar surface area (TPSA) is 69.4 Å². The van der Waals surface area contributed by atoms with Crippen LogP contribution in [0.1, 0.15) is 19.8 Å². The van der Waals surface area contributed by atoms with Crippen molar-refractivity contribution < 1.29 is 13.6 Å². The van der Waals surface area contributed by atoms with Gasteiger partial charge in [0.05, 0.1) is 11.9 Å². The van der Waals surface area contributed by atoms with Gasteiger partial charge in [0.2, 0.25) is 12.3 Å². The normalized spacial score (nSPS) is 12.5. The first-order valence-corrected chi connectivity index (χ1v) is 9.32. The van der Waals surface area contributed by atoms with Crippen LogP contribution in [0.25, 0.3) is 0 Å². The first-order valence-electron chi connectivity index (χ1n) is 7.79. The van der Waals surface area contributed by atoms with Gasteiger partial charge in [-0.2, -0.15) is 11.8 Å². The predicted molar refractivity (Wildman–Crippen MR) is 99.7 cm³/mol. The standard InChI is InChI=1S/C16H21ClF2N4OS/c1-2-23(15(24)6-9-25-8-5-14(18)19)13(16(17)20)11-22-12-4-3-7-21-10-12/h3-4,7,10-11,13-14,20H,2,5-6,8-9H2,1H3. The zero-order valence-corrected chi connectivity index (χ0v) is 15.4. The second kappa shape index (κ2) is 11.9. The van der Waals surface area contributed by atoms with Crippen molar-refractivity contribution in [2.45, 2.75) is 32.2 Å². The van der Waals surface area contributed by atoms with Crippen LogP contribution in [0.4, 0.5) is 14.5 Å². The van der Waals surface area contributed by atoms with Gasteiger partial charge in [-0.15, -0.1) is 0 Å². The number of nitrogens with zero attached hydrogens (tertiary/aromatic N) is 3. The molecule has 1 aromatic rings. The van der Waals surface area contributed by atoms with Crippen molar-refractivity contribution in [2.75, 3.05) is 18.1 Å². The van der Waals surface area contributed by atoms with Gasteiger partial charge in [0, 0.05) is 37.6 Å². The van der Waals surface area contributed by atoms with E-state index in [1.165, 1.54) is 22.9 Å². The number of pyridine rings is 1. The predicted octanol–water partition coefficient (Wildman–Crippen LogP) is 4.00. The monoisotopic (exact) mass is 390 g/mol. The van der Waals surface area contributed by atoms with E-state index in [2.05, 4.69) is 9.98 Å². The van der Waals surface area contributed by atoms with Gasteiger partial charge in [0.25, 0.3) is 0 Å². The van der Waals surface area contributed by atoms with Crippen molar-refractivity contribution in [2.24, 2.45) is 4.99 Å². The van der Waals surface area contributed by atoms with Crippen molar-refractivity contribution in [3.63, 3.8) is 0 Å². The van der Waals surface area contributed by atoms with E-state index in [1.54, 1.807) is 31.5 Å². The molecule has 0 fully saturated rings. The number of rotatable bonds is 11. The number of aromatic nitrogens is 1. The highest BCUT2D eigenvalue weighted by atomic mass is 35.5. The molecule has 1 heterocycles. The average molecular weight is 391 g/mol. The molecule has 0 aromatic carbocycles. The molecule has 0 aliphatic rings. The quantitative estimate of drug-likeness (QED) is 0.458. The first-order chi connectivity index (χ1) is 12.0. The molecule has 25 heavy (non-hydrogen) atoms. The number of carbonyl (C=O) groups is 1. The number of aliphatic imine (C=N–C) groups is 1. The van der Waals surface area contributed by atoms with E-state index in [0.29, 0.717) is 23.7 Å². The fraction of sp³-hybridized carbons (Fsp3) is 0.500. The van der Waals surface area contributed by atoms with Crippen LogP contribution in [0.15, 0.2) is 29.5 Å². The van der Waals surface area contributed by atoms with Gasteiger partial charge in [-0.25, -0.2) is 8.78 Å². The van der Waals surface area contributed by atoms with Crippen LogP contribution < -0.4 is 0 Å². The van der Waals surface area contributed by atoms with Crippen LogP contribution in [0, 0.1) is 5.41 Å². The summed E-state index contributed by atoms with van der Waals surface area (Å²) in [4.78, 5) is 22.0. The molecule has 1 N–H and O–H groups in total. The second-order valence-corrected chi connectivity index (χ2v) is 6.64. The highest BCUT2D eigenvalue weighted by molar-refractivity contribution is 7.99. The molecule has 0 aliphatic carbocycles. The van der Waals surface area contributed by atoms with Crippen LogP contribution in [0.3, 0.4) is 0 Å². The van der Waals surface area contributed by atoms with Crippen molar-refractivity contribution in [1.29, 1.82) is 5.41 Å². The Bertz CT molecular complexity index is 575. The minimum absolute atomic E-state index is 0.178. The lowest BCUT2D eigenvalue weighted by Crippen LogP contribution is -2.44. The Kier molecular flexibility index (Phi) is 10.3. The summed E-state index contributed by atoms with van der Waals surface area (Å²) in [5.74, 6) is 0.568. The maximum Gasteiger partial charge on any atom is 0.239 e. The molecule has 0 saturated heterocycles. The van der Waals surface area contributed by atoms with Crippen molar-refractivity contribution >= 4 is 46.3 Å². The third kappa shape index (κ3) is 8.40. The van der Waals surface area contributed by atoms with Gasteiger partial charge in [-0.1, -0.05) is 11.6 Å². The van der Waals surface area contributed by atoms with E-state index in [4.69, 9.17) is 17.0 Å². The molecule has 0 aliphatic heterocycles. The summed E-state index contributed by atoms with van der Waals surface area (Å²) in [7, 11) is 0. The molecular formula is C16H21ClF2N4OS. The third-order valence-electron chi connectivity index (χ3n) is 3.21. The molecular weight excluding hydrogens is 370 g/mol. The fourth-order valence-electron chi connectivity index (χ4n) is 1.98. The van der Waals surface area contributed by atoms with E-state index < -0.39 is 12.5 Å². The smallest absolute Gasteiger partial charge is 0.239 e. The van der Waals surface area contributed by atoms with Crippen LogP contribution in [0.2, 0.25) is 0 Å². The molecule has 5 nitrogen and oxygen atoms in total. The maximum absolute atomic E-state index is 12.4. The molecule has 0 saturated carbocycles. The summed E-state index contributed by atoms with van der Waals surface area (Å²) in [5, 5.41) is 7.50. The largest absolute Gasteiger partial charge is 0.328 e. The molecule has 0 spiro atoms. The Morgan fingerprint density at radius 3 is 2.84 bits per heavy atom. The summed E-state index contributed by atoms with van der Waals surface area (Å²) in [6.07, 6.45) is 2.32. The summed E-state index contributed by atoms with van der Waals surface area (Å²) in [6.45, 7) is 2.14. The molecule has 0 bridgehead atoms. The minimum atomic E-state index is -2.32. The van der Waals surface area contributed by atoms with Gasteiger partial charge >= 0.3 is 0 Å². The molecule has 0 radical (unpaired) electrons.